The summed E-state index contributed by atoms with van der Waals surface area (Å²) in [5, 5.41) is 11.0. The summed E-state index contributed by atoms with van der Waals surface area (Å²) in [7, 11) is 0. The first-order valence-corrected chi connectivity index (χ1v) is 8.77. The molecule has 0 bridgehead atoms. The fraction of sp³-hybridized carbons (Fsp3) is 0.263. The van der Waals surface area contributed by atoms with E-state index in [0.29, 0.717) is 13.2 Å². The van der Waals surface area contributed by atoms with Crippen molar-refractivity contribution in [3.05, 3.63) is 71.6 Å². The Morgan fingerprint density at radius 3 is 2.71 bits per heavy atom. The first kappa shape index (κ1) is 18.2. The van der Waals surface area contributed by atoms with Gasteiger partial charge in [-0.25, -0.2) is 13.5 Å². The first-order chi connectivity index (χ1) is 13.6. The van der Waals surface area contributed by atoms with Gasteiger partial charge in [0, 0.05) is 18.2 Å². The Bertz CT molecular complexity index is 963. The Balaban J connectivity index is 1.41. The largest absolute Gasteiger partial charge is 0.370 e. The zero-order valence-corrected chi connectivity index (χ0v) is 14.8. The van der Waals surface area contributed by atoms with E-state index >= 15 is 0 Å². The van der Waals surface area contributed by atoms with Crippen molar-refractivity contribution in [3.8, 4) is 5.69 Å². The van der Waals surface area contributed by atoms with Gasteiger partial charge in [-0.05, 0) is 34.2 Å². The number of ether oxygens (including phenoxy) is 1. The molecule has 0 aliphatic carbocycles. The maximum atomic E-state index is 14.0. The lowest BCUT2D eigenvalue weighted by atomic mass is 10.1. The van der Waals surface area contributed by atoms with Crippen LogP contribution in [0, 0.1) is 11.6 Å². The second-order valence-electron chi connectivity index (χ2n) is 6.46. The minimum atomic E-state index is -0.669. The van der Waals surface area contributed by atoms with E-state index in [1.54, 1.807) is 4.90 Å². The number of tetrazole rings is 1. The molecule has 0 radical (unpaired) electrons. The summed E-state index contributed by atoms with van der Waals surface area (Å²) in [4.78, 5) is 14.3. The average molecular weight is 385 g/mol. The summed E-state index contributed by atoms with van der Waals surface area (Å²) in [5.74, 6) is -1.39. The van der Waals surface area contributed by atoms with Gasteiger partial charge in [0.25, 0.3) is 0 Å². The van der Waals surface area contributed by atoms with Gasteiger partial charge in [-0.1, -0.05) is 18.2 Å². The van der Waals surface area contributed by atoms with Crippen LogP contribution in [0.2, 0.25) is 0 Å². The van der Waals surface area contributed by atoms with E-state index in [2.05, 4.69) is 15.5 Å². The number of rotatable bonds is 4. The third kappa shape index (κ3) is 3.89. The Hall–Kier alpha value is -3.20. The normalized spacial score (nSPS) is 16.9. The van der Waals surface area contributed by atoms with Crippen molar-refractivity contribution in [2.75, 3.05) is 19.7 Å². The van der Waals surface area contributed by atoms with Crippen molar-refractivity contribution in [2.45, 2.75) is 12.5 Å². The van der Waals surface area contributed by atoms with Crippen molar-refractivity contribution in [3.63, 3.8) is 0 Å². The van der Waals surface area contributed by atoms with Crippen molar-refractivity contribution in [1.29, 1.82) is 0 Å². The summed E-state index contributed by atoms with van der Waals surface area (Å²) < 4.78 is 34.3. The number of hydrogen-bond acceptors (Lipinski definition) is 5. The monoisotopic (exact) mass is 385 g/mol. The number of amides is 1. The zero-order chi connectivity index (χ0) is 19.5. The molecule has 2 aromatic carbocycles. The smallest absolute Gasteiger partial charge is 0.227 e. The molecule has 2 heterocycles. The molecule has 28 heavy (non-hydrogen) atoms. The molecule has 1 aromatic heterocycles. The maximum Gasteiger partial charge on any atom is 0.227 e. The van der Waals surface area contributed by atoms with Gasteiger partial charge in [0.05, 0.1) is 25.3 Å². The van der Waals surface area contributed by atoms with E-state index in [-0.39, 0.29) is 24.4 Å². The summed E-state index contributed by atoms with van der Waals surface area (Å²) >= 11 is 0. The minimum absolute atomic E-state index is 0.0778. The molecule has 0 N–H and O–H groups in total. The summed E-state index contributed by atoms with van der Waals surface area (Å²) in [5.41, 5.74) is 1.89. The SMILES string of the molecule is O=C(Cc1ccc(-n2cnnn2)cc1)N1CCOC(c2ccc(F)cc2F)C1. The molecule has 3 aromatic rings. The van der Waals surface area contributed by atoms with Crippen molar-refractivity contribution >= 4 is 5.91 Å². The third-order valence-electron chi connectivity index (χ3n) is 4.63. The molecule has 9 heteroatoms. The molecular formula is C19H17F2N5O2. The maximum absolute atomic E-state index is 14.0. The van der Waals surface area contributed by atoms with Gasteiger partial charge in [-0.3, -0.25) is 4.79 Å². The number of carbonyl (C=O) groups excluding carboxylic acids is 1. The molecular weight excluding hydrogens is 368 g/mol. The Kier molecular flexibility index (Phi) is 5.07. The van der Waals surface area contributed by atoms with Crippen LogP contribution in [0.5, 0.6) is 0 Å². The second-order valence-corrected chi connectivity index (χ2v) is 6.46. The van der Waals surface area contributed by atoms with Crippen molar-refractivity contribution in [1.82, 2.24) is 25.1 Å². The van der Waals surface area contributed by atoms with E-state index < -0.39 is 17.7 Å². The van der Waals surface area contributed by atoms with Crippen LogP contribution >= 0.6 is 0 Å². The van der Waals surface area contributed by atoms with Gasteiger partial charge in [-0.2, -0.15) is 0 Å². The highest BCUT2D eigenvalue weighted by Crippen LogP contribution is 2.25. The highest BCUT2D eigenvalue weighted by atomic mass is 19.1. The predicted molar refractivity (Wildman–Crippen MR) is 94.5 cm³/mol. The van der Waals surface area contributed by atoms with Crippen molar-refractivity contribution in [2.24, 2.45) is 0 Å². The molecule has 0 spiro atoms. The molecule has 7 nitrogen and oxygen atoms in total. The molecule has 1 atom stereocenters. The third-order valence-corrected chi connectivity index (χ3v) is 4.63. The van der Waals surface area contributed by atoms with Gasteiger partial charge < -0.3 is 9.64 Å². The van der Waals surface area contributed by atoms with Crippen LogP contribution in [0.4, 0.5) is 8.78 Å². The Labute approximate surface area is 159 Å². The van der Waals surface area contributed by atoms with E-state index in [1.807, 2.05) is 24.3 Å². The lowest BCUT2D eigenvalue weighted by Gasteiger charge is -2.33. The van der Waals surface area contributed by atoms with Gasteiger partial charge in [0.15, 0.2) is 0 Å². The van der Waals surface area contributed by atoms with Gasteiger partial charge in [0.1, 0.15) is 24.1 Å². The lowest BCUT2D eigenvalue weighted by Crippen LogP contribution is -2.43. The van der Waals surface area contributed by atoms with Crippen molar-refractivity contribution < 1.29 is 18.3 Å². The fourth-order valence-electron chi connectivity index (χ4n) is 3.16. The number of halogens is 2. The number of nitrogens with zero attached hydrogens (tertiary/aromatic N) is 5. The number of morpholine rings is 1. The highest BCUT2D eigenvalue weighted by Gasteiger charge is 2.27. The number of hydrogen-bond donors (Lipinski definition) is 0. The minimum Gasteiger partial charge on any atom is -0.370 e. The molecule has 1 saturated heterocycles. The molecule has 1 aliphatic rings. The van der Waals surface area contributed by atoms with Crippen LogP contribution < -0.4 is 0 Å². The number of carbonyl (C=O) groups is 1. The standard InChI is InChI=1S/C19H17F2N5O2/c20-14-3-6-16(17(21)10-14)18-11-25(7-8-28-18)19(27)9-13-1-4-15(5-2-13)26-12-22-23-24-26/h1-6,10,12,18H,7-9,11H2. The average Bonchev–Trinajstić information content (AvgIpc) is 3.23. The van der Waals surface area contributed by atoms with Gasteiger partial charge in [-0.15, -0.1) is 5.10 Å². The first-order valence-electron chi connectivity index (χ1n) is 8.77. The van der Waals surface area contributed by atoms with Crippen LogP contribution in [-0.2, 0) is 16.0 Å². The van der Waals surface area contributed by atoms with E-state index in [1.165, 1.54) is 23.1 Å². The number of aromatic nitrogens is 4. The molecule has 1 unspecified atom stereocenters. The number of benzene rings is 2. The molecule has 144 valence electrons. The zero-order valence-electron chi connectivity index (χ0n) is 14.8. The highest BCUT2D eigenvalue weighted by molar-refractivity contribution is 5.79. The predicted octanol–water partition coefficient (Wildman–Crippen LogP) is 2.08. The molecule has 4 rings (SSSR count). The van der Waals surface area contributed by atoms with Gasteiger partial charge in [0.2, 0.25) is 5.91 Å². The summed E-state index contributed by atoms with van der Waals surface area (Å²) in [6.45, 7) is 0.955. The second kappa shape index (κ2) is 7.81. The molecule has 0 saturated carbocycles. The van der Waals surface area contributed by atoms with E-state index in [9.17, 15) is 13.6 Å². The van der Waals surface area contributed by atoms with Crippen LogP contribution in [0.3, 0.4) is 0 Å². The molecule has 1 amide bonds. The molecule has 1 fully saturated rings. The summed E-state index contributed by atoms with van der Waals surface area (Å²) in [6, 6.07) is 10.7. The molecule has 1 aliphatic heterocycles. The Morgan fingerprint density at radius 2 is 2.00 bits per heavy atom. The van der Waals surface area contributed by atoms with Gasteiger partial charge >= 0.3 is 0 Å². The topological polar surface area (TPSA) is 73.1 Å². The quantitative estimate of drug-likeness (QED) is 0.688. The van der Waals surface area contributed by atoms with Crippen LogP contribution in [0.25, 0.3) is 5.69 Å². The van der Waals surface area contributed by atoms with E-state index in [4.69, 9.17) is 4.74 Å². The summed E-state index contributed by atoms with van der Waals surface area (Å²) in [6.07, 6.45) is 1.09. The van der Waals surface area contributed by atoms with Crippen LogP contribution in [-0.4, -0.2) is 50.7 Å². The van der Waals surface area contributed by atoms with Crippen LogP contribution in [0.15, 0.2) is 48.8 Å². The lowest BCUT2D eigenvalue weighted by molar-refractivity contribution is -0.138. The Morgan fingerprint density at radius 1 is 1.18 bits per heavy atom. The fourth-order valence-corrected chi connectivity index (χ4v) is 3.16. The van der Waals surface area contributed by atoms with Crippen LogP contribution in [0.1, 0.15) is 17.2 Å². The van der Waals surface area contributed by atoms with E-state index in [0.717, 1.165) is 17.3 Å².